The number of ether oxygens (including phenoxy) is 2. The van der Waals surface area contributed by atoms with Gasteiger partial charge in [0.1, 0.15) is 5.60 Å². The smallest absolute Gasteiger partial charge is 0.410 e. The molecule has 2 heterocycles. The van der Waals surface area contributed by atoms with Gasteiger partial charge in [-0.05, 0) is 27.2 Å². The summed E-state index contributed by atoms with van der Waals surface area (Å²) in [7, 11) is 0. The lowest BCUT2D eigenvalue weighted by molar-refractivity contribution is 0.00603. The Kier molecular flexibility index (Phi) is 3.08. The molecule has 0 aromatic heterocycles. The van der Waals surface area contributed by atoms with Crippen LogP contribution in [0.15, 0.2) is 0 Å². The highest BCUT2D eigenvalue weighted by molar-refractivity contribution is 5.68. The van der Waals surface area contributed by atoms with Crippen LogP contribution in [0, 0.1) is 5.41 Å². The van der Waals surface area contributed by atoms with E-state index in [1.807, 2.05) is 20.8 Å². The molecule has 17 heavy (non-hydrogen) atoms. The van der Waals surface area contributed by atoms with Gasteiger partial charge in [-0.2, -0.15) is 0 Å². The van der Waals surface area contributed by atoms with E-state index in [1.54, 1.807) is 4.90 Å². The number of amides is 1. The van der Waals surface area contributed by atoms with Crippen LogP contribution >= 0.6 is 0 Å². The molecule has 2 unspecified atom stereocenters. The summed E-state index contributed by atoms with van der Waals surface area (Å²) in [6.45, 7) is 8.11. The van der Waals surface area contributed by atoms with E-state index in [4.69, 9.17) is 15.2 Å². The van der Waals surface area contributed by atoms with Crippen molar-refractivity contribution >= 4 is 6.09 Å². The average Bonchev–Trinajstić information content (AvgIpc) is 2.52. The summed E-state index contributed by atoms with van der Waals surface area (Å²) in [4.78, 5) is 13.7. The number of hydrogen-bond acceptors (Lipinski definition) is 4. The van der Waals surface area contributed by atoms with E-state index in [-0.39, 0.29) is 17.6 Å². The molecular formula is C12H22N2O3. The number of carbonyl (C=O) groups excluding carboxylic acids is 1. The zero-order valence-corrected chi connectivity index (χ0v) is 10.9. The van der Waals surface area contributed by atoms with Gasteiger partial charge < -0.3 is 20.1 Å². The Morgan fingerprint density at radius 1 is 1.59 bits per heavy atom. The number of nitrogens with two attached hydrogens (primary N) is 1. The molecule has 2 atom stereocenters. The second-order valence-corrected chi connectivity index (χ2v) is 6.20. The molecule has 1 amide bonds. The van der Waals surface area contributed by atoms with Crippen LogP contribution in [0.3, 0.4) is 0 Å². The van der Waals surface area contributed by atoms with Crippen LogP contribution in [0.25, 0.3) is 0 Å². The minimum absolute atomic E-state index is 0.0557. The molecule has 0 spiro atoms. The highest BCUT2D eigenvalue weighted by atomic mass is 16.6. The lowest BCUT2D eigenvalue weighted by Crippen LogP contribution is -2.52. The molecule has 2 bridgehead atoms. The van der Waals surface area contributed by atoms with Gasteiger partial charge in [0.25, 0.3) is 0 Å². The summed E-state index contributed by atoms with van der Waals surface area (Å²) in [6.07, 6.45) is 0.827. The fourth-order valence-electron chi connectivity index (χ4n) is 2.51. The first-order valence-corrected chi connectivity index (χ1v) is 6.13. The van der Waals surface area contributed by atoms with Gasteiger partial charge in [0.05, 0.1) is 19.3 Å². The quantitative estimate of drug-likeness (QED) is 0.744. The number of rotatable bonds is 1. The topological polar surface area (TPSA) is 64.8 Å². The molecule has 0 saturated carbocycles. The molecule has 2 rings (SSSR count). The summed E-state index contributed by atoms with van der Waals surface area (Å²) in [6, 6.07) is 0. The Morgan fingerprint density at radius 2 is 2.29 bits per heavy atom. The van der Waals surface area contributed by atoms with Crippen molar-refractivity contribution in [3.05, 3.63) is 0 Å². The summed E-state index contributed by atoms with van der Waals surface area (Å²) in [5.41, 5.74) is 5.30. The number of piperidine rings is 1. The lowest BCUT2D eigenvalue weighted by atomic mass is 9.82. The molecular weight excluding hydrogens is 220 g/mol. The Hall–Kier alpha value is -0.810. The summed E-state index contributed by atoms with van der Waals surface area (Å²) < 4.78 is 11.0. The van der Waals surface area contributed by atoms with E-state index in [0.29, 0.717) is 26.2 Å². The molecule has 0 aliphatic carbocycles. The third-order valence-corrected chi connectivity index (χ3v) is 3.32. The van der Waals surface area contributed by atoms with Crippen LogP contribution in [0.5, 0.6) is 0 Å². The Labute approximate surface area is 102 Å². The van der Waals surface area contributed by atoms with Crippen LogP contribution < -0.4 is 5.73 Å². The molecule has 2 N–H and O–H groups in total. The first-order chi connectivity index (χ1) is 7.84. The average molecular weight is 242 g/mol. The largest absolute Gasteiger partial charge is 0.444 e. The number of carbonyl (C=O) groups is 1. The Bertz CT molecular complexity index is 313. The van der Waals surface area contributed by atoms with Crippen LogP contribution in [0.1, 0.15) is 27.2 Å². The predicted molar refractivity (Wildman–Crippen MR) is 63.7 cm³/mol. The van der Waals surface area contributed by atoms with Gasteiger partial charge in [0.15, 0.2) is 0 Å². The standard InChI is InChI=1S/C12H22N2O3/c1-11(2,3)17-10(15)14-5-9-4-12(6-13,7-14)8-16-9/h9H,4-8,13H2,1-3H3. The third kappa shape index (κ3) is 2.72. The van der Waals surface area contributed by atoms with Gasteiger partial charge >= 0.3 is 6.09 Å². The normalized spacial score (nSPS) is 32.7. The fraction of sp³-hybridized carbons (Fsp3) is 0.917. The minimum Gasteiger partial charge on any atom is -0.444 e. The molecule has 2 fully saturated rings. The van der Waals surface area contributed by atoms with E-state index in [1.165, 1.54) is 0 Å². The van der Waals surface area contributed by atoms with Crippen LogP contribution in [-0.2, 0) is 9.47 Å². The molecule has 5 heteroatoms. The van der Waals surface area contributed by atoms with E-state index < -0.39 is 5.60 Å². The molecule has 0 radical (unpaired) electrons. The SMILES string of the molecule is CC(C)(C)OC(=O)N1CC2CC(CN)(CO2)C1. The first-order valence-electron chi connectivity index (χ1n) is 6.13. The predicted octanol–water partition coefficient (Wildman–Crippen LogP) is 0.971. The zero-order chi connectivity index (χ0) is 12.7. The van der Waals surface area contributed by atoms with Gasteiger partial charge in [-0.15, -0.1) is 0 Å². The fourth-order valence-corrected chi connectivity index (χ4v) is 2.51. The van der Waals surface area contributed by atoms with Gasteiger partial charge in [0, 0.05) is 18.5 Å². The second-order valence-electron chi connectivity index (χ2n) is 6.20. The van der Waals surface area contributed by atoms with Crippen molar-refractivity contribution in [3.63, 3.8) is 0 Å². The highest BCUT2D eigenvalue weighted by Crippen LogP contribution is 2.37. The summed E-state index contributed by atoms with van der Waals surface area (Å²) >= 11 is 0. The minimum atomic E-state index is -0.454. The number of likely N-dealkylation sites (tertiary alicyclic amines) is 1. The van der Waals surface area contributed by atoms with Crippen molar-refractivity contribution in [2.75, 3.05) is 26.2 Å². The molecule has 2 saturated heterocycles. The second kappa shape index (κ2) is 4.14. The Morgan fingerprint density at radius 3 is 2.88 bits per heavy atom. The van der Waals surface area contributed by atoms with Crippen molar-refractivity contribution in [2.45, 2.75) is 38.9 Å². The highest BCUT2D eigenvalue weighted by Gasteiger charge is 2.47. The zero-order valence-electron chi connectivity index (χ0n) is 10.9. The van der Waals surface area contributed by atoms with Gasteiger partial charge in [0.2, 0.25) is 0 Å². The molecule has 0 aromatic rings. The van der Waals surface area contributed by atoms with Gasteiger partial charge in [-0.25, -0.2) is 4.79 Å². The number of fused-ring (bicyclic) bond motifs is 2. The maximum Gasteiger partial charge on any atom is 0.410 e. The van der Waals surface area contributed by atoms with Crippen molar-refractivity contribution < 1.29 is 14.3 Å². The van der Waals surface area contributed by atoms with Crippen LogP contribution in [0.2, 0.25) is 0 Å². The third-order valence-electron chi connectivity index (χ3n) is 3.32. The van der Waals surface area contributed by atoms with Crippen molar-refractivity contribution in [1.29, 1.82) is 0 Å². The number of nitrogens with zero attached hydrogens (tertiary/aromatic N) is 1. The van der Waals surface area contributed by atoms with Crippen molar-refractivity contribution in [2.24, 2.45) is 11.1 Å². The van der Waals surface area contributed by atoms with Gasteiger partial charge in [-0.3, -0.25) is 0 Å². The van der Waals surface area contributed by atoms with Gasteiger partial charge in [-0.1, -0.05) is 0 Å². The molecule has 0 aromatic carbocycles. The van der Waals surface area contributed by atoms with Crippen LogP contribution in [0.4, 0.5) is 4.79 Å². The van der Waals surface area contributed by atoms with E-state index in [2.05, 4.69) is 0 Å². The number of hydrogen-bond donors (Lipinski definition) is 1. The van der Waals surface area contributed by atoms with Crippen molar-refractivity contribution in [1.82, 2.24) is 4.90 Å². The molecule has 2 aliphatic rings. The van der Waals surface area contributed by atoms with Crippen molar-refractivity contribution in [3.8, 4) is 0 Å². The lowest BCUT2D eigenvalue weighted by Gasteiger charge is -2.38. The molecule has 2 aliphatic heterocycles. The molecule has 5 nitrogen and oxygen atoms in total. The Balaban J connectivity index is 2.01. The maximum absolute atomic E-state index is 12.0. The van der Waals surface area contributed by atoms with E-state index in [9.17, 15) is 4.79 Å². The van der Waals surface area contributed by atoms with E-state index >= 15 is 0 Å². The first kappa shape index (κ1) is 12.6. The van der Waals surface area contributed by atoms with Crippen LogP contribution in [-0.4, -0.2) is 48.9 Å². The molecule has 98 valence electrons. The monoisotopic (exact) mass is 242 g/mol. The maximum atomic E-state index is 12.0. The van der Waals surface area contributed by atoms with E-state index in [0.717, 1.165) is 6.42 Å². The summed E-state index contributed by atoms with van der Waals surface area (Å²) in [5.74, 6) is 0. The summed E-state index contributed by atoms with van der Waals surface area (Å²) in [5, 5.41) is 0.